The second-order valence-corrected chi connectivity index (χ2v) is 14.2. The van der Waals surface area contributed by atoms with Crippen molar-refractivity contribution in [3.8, 4) is 0 Å². The first-order valence-electron chi connectivity index (χ1n) is 15.0. The Morgan fingerprint density at radius 2 is 1.98 bits per heavy atom. The second kappa shape index (κ2) is 16.9. The van der Waals surface area contributed by atoms with Gasteiger partial charge in [-0.05, 0) is 84.5 Å². The van der Waals surface area contributed by atoms with Gasteiger partial charge in [0.1, 0.15) is 18.3 Å². The van der Waals surface area contributed by atoms with Crippen LogP contribution in [0.1, 0.15) is 67.2 Å². The minimum Gasteiger partial charge on any atom is -0.488 e. The topological polar surface area (TPSA) is 113 Å². The largest absolute Gasteiger partial charge is 0.488 e. The molecule has 0 aromatic carbocycles. The molecule has 2 rings (SSSR count). The molecule has 10 nitrogen and oxygen atoms in total. The highest BCUT2D eigenvalue weighted by Crippen LogP contribution is 2.30. The molecule has 1 aliphatic rings. The predicted molar refractivity (Wildman–Crippen MR) is 179 cm³/mol. The lowest BCUT2D eigenvalue weighted by Crippen LogP contribution is -2.29. The van der Waals surface area contributed by atoms with Crippen molar-refractivity contribution in [1.82, 2.24) is 25.3 Å². The molecule has 1 fully saturated rings. The van der Waals surface area contributed by atoms with Crippen molar-refractivity contribution in [2.24, 2.45) is 18.0 Å². The summed E-state index contributed by atoms with van der Waals surface area (Å²) < 4.78 is 33.6. The maximum atomic E-state index is 12.9. The fourth-order valence-corrected chi connectivity index (χ4v) is 5.51. The van der Waals surface area contributed by atoms with E-state index in [1.165, 1.54) is 10.3 Å². The highest BCUT2D eigenvalue weighted by atomic mass is 35.5. The molecule has 3 N–H and O–H groups in total. The zero-order valence-electron chi connectivity index (χ0n) is 27.4. The zero-order chi connectivity index (χ0) is 32.3. The summed E-state index contributed by atoms with van der Waals surface area (Å²) in [6.07, 6.45) is 11.8. The lowest BCUT2D eigenvalue weighted by atomic mass is 9.93. The van der Waals surface area contributed by atoms with Crippen molar-refractivity contribution < 1.29 is 13.2 Å². The molecule has 1 aliphatic carbocycles. The van der Waals surface area contributed by atoms with Gasteiger partial charge in [-0.1, -0.05) is 38.1 Å². The molecular weight excluding hydrogens is 586 g/mol. The summed E-state index contributed by atoms with van der Waals surface area (Å²) in [5, 5.41) is 13.0. The summed E-state index contributed by atoms with van der Waals surface area (Å²) in [4.78, 5) is 6.97. The Morgan fingerprint density at radius 3 is 2.53 bits per heavy atom. The average Bonchev–Trinajstić information content (AvgIpc) is 3.71. The Balaban J connectivity index is 2.24. The molecule has 0 unspecified atom stereocenters. The standard InChI is InChI=1S/C31H52ClN7O3S/c1-11-25(22(5)13-14-23(6)38(9)12-2)17-29(42-26-15-16-26)24(7)34-20-35-30(27(32)18-33-8)36-28-19-39(10)37-31(28)43(40,41)21(3)4/h11,17-19,21-23,26,33-34H,7,12-16,20H2,1-6,8-10H3,(H,35,36)/b25-11-,27-18+,29-17+/t22-,23-/m0/s1. The normalized spacial score (nSPS) is 16.8. The molecule has 12 heteroatoms. The molecule has 2 atom stereocenters. The number of ether oxygens (including phenoxy) is 1. The number of nitrogens with zero attached hydrogens (tertiary/aromatic N) is 4. The number of aryl methyl sites for hydroxylation is 1. The monoisotopic (exact) mass is 637 g/mol. The lowest BCUT2D eigenvalue weighted by molar-refractivity contribution is 0.201. The van der Waals surface area contributed by atoms with E-state index in [0.717, 1.165) is 32.2 Å². The molecule has 1 heterocycles. The van der Waals surface area contributed by atoms with E-state index in [2.05, 4.69) is 84.4 Å². The number of hydrogen-bond donors (Lipinski definition) is 3. The van der Waals surface area contributed by atoms with Gasteiger partial charge in [-0.2, -0.15) is 5.10 Å². The van der Waals surface area contributed by atoms with Crippen LogP contribution >= 0.6 is 11.6 Å². The fourth-order valence-electron chi connectivity index (χ4n) is 4.19. The molecule has 1 aromatic rings. The van der Waals surface area contributed by atoms with E-state index in [1.807, 2.05) is 0 Å². The third kappa shape index (κ3) is 11.0. The third-order valence-corrected chi connectivity index (χ3v) is 9.92. The summed E-state index contributed by atoms with van der Waals surface area (Å²) in [6.45, 7) is 17.4. The molecule has 43 heavy (non-hydrogen) atoms. The number of amidine groups is 1. The molecule has 0 aliphatic heterocycles. The van der Waals surface area contributed by atoms with Crippen LogP contribution in [0, 0.1) is 5.92 Å². The van der Waals surface area contributed by atoms with Gasteiger partial charge in [0, 0.05) is 32.5 Å². The first kappa shape index (κ1) is 36.4. The molecule has 0 spiro atoms. The van der Waals surface area contributed by atoms with Crippen molar-refractivity contribution in [1.29, 1.82) is 0 Å². The molecule has 0 saturated heterocycles. The Hall–Kier alpha value is -2.76. The van der Waals surface area contributed by atoms with Crippen LogP contribution < -0.4 is 16.0 Å². The van der Waals surface area contributed by atoms with Gasteiger partial charge in [-0.15, -0.1) is 0 Å². The number of hydrogen-bond acceptors (Lipinski definition) is 8. The number of anilines is 1. The predicted octanol–water partition coefficient (Wildman–Crippen LogP) is 5.54. The number of aliphatic imine (C=N–C) groups is 1. The van der Waals surface area contributed by atoms with Crippen molar-refractivity contribution in [2.45, 2.75) is 89.6 Å². The quantitative estimate of drug-likeness (QED) is 0.0833. The molecule has 0 radical (unpaired) electrons. The van der Waals surface area contributed by atoms with Crippen LogP contribution in [0.2, 0.25) is 0 Å². The Kier molecular flexibility index (Phi) is 14.3. The number of sulfone groups is 1. The summed E-state index contributed by atoms with van der Waals surface area (Å²) in [7, 11) is 1.90. The van der Waals surface area contributed by atoms with Gasteiger partial charge in [0.25, 0.3) is 0 Å². The van der Waals surface area contributed by atoms with Crippen LogP contribution in [-0.2, 0) is 21.6 Å². The molecule has 242 valence electrons. The lowest BCUT2D eigenvalue weighted by Gasteiger charge is -2.25. The number of aromatic nitrogens is 2. The van der Waals surface area contributed by atoms with Crippen LogP contribution in [0.5, 0.6) is 0 Å². The van der Waals surface area contributed by atoms with Crippen LogP contribution in [0.15, 0.2) is 63.2 Å². The molecular formula is C31H52ClN7O3S. The van der Waals surface area contributed by atoms with E-state index in [1.54, 1.807) is 40.3 Å². The molecule has 0 amide bonds. The van der Waals surface area contributed by atoms with E-state index in [0.29, 0.717) is 29.1 Å². The van der Waals surface area contributed by atoms with Crippen molar-refractivity contribution in [2.75, 3.05) is 32.6 Å². The number of halogens is 1. The molecule has 0 bridgehead atoms. The van der Waals surface area contributed by atoms with Gasteiger partial charge in [0.05, 0.1) is 27.8 Å². The van der Waals surface area contributed by atoms with Gasteiger partial charge >= 0.3 is 0 Å². The molecule has 1 aromatic heterocycles. The summed E-state index contributed by atoms with van der Waals surface area (Å²) >= 11 is 6.52. The Bertz CT molecular complexity index is 1310. The summed E-state index contributed by atoms with van der Waals surface area (Å²) in [5.41, 5.74) is 2.10. The molecule has 1 saturated carbocycles. The van der Waals surface area contributed by atoms with Crippen LogP contribution in [0.25, 0.3) is 0 Å². The van der Waals surface area contributed by atoms with Crippen LogP contribution in [-0.4, -0.2) is 73.6 Å². The van der Waals surface area contributed by atoms with Gasteiger partial charge in [0.15, 0.2) is 0 Å². The van der Waals surface area contributed by atoms with Crippen molar-refractivity contribution >= 4 is 33.0 Å². The van der Waals surface area contributed by atoms with Gasteiger partial charge < -0.3 is 25.6 Å². The number of nitrogens with one attached hydrogen (secondary N) is 3. The first-order chi connectivity index (χ1) is 20.2. The average molecular weight is 638 g/mol. The maximum absolute atomic E-state index is 12.9. The van der Waals surface area contributed by atoms with Gasteiger partial charge in [-0.25, -0.2) is 13.4 Å². The van der Waals surface area contributed by atoms with E-state index in [-0.39, 0.29) is 28.7 Å². The van der Waals surface area contributed by atoms with Crippen LogP contribution in [0.3, 0.4) is 0 Å². The summed E-state index contributed by atoms with van der Waals surface area (Å²) in [5.74, 6) is 1.32. The minimum atomic E-state index is -3.65. The highest BCUT2D eigenvalue weighted by Gasteiger charge is 2.28. The van der Waals surface area contributed by atoms with E-state index in [9.17, 15) is 8.42 Å². The van der Waals surface area contributed by atoms with E-state index >= 15 is 0 Å². The third-order valence-electron chi connectivity index (χ3n) is 7.55. The Labute approximate surface area is 264 Å². The SMILES string of the molecule is C=C(NC/N=C(Nc1cn(C)nc1S(=O)(=O)C(C)C)\C(Cl)=C/NC)/C(=C\C(=C\C)[C@@H](C)CC[C@H](C)N(C)CC)OC1CC1. The van der Waals surface area contributed by atoms with Crippen LogP contribution in [0.4, 0.5) is 5.69 Å². The highest BCUT2D eigenvalue weighted by molar-refractivity contribution is 7.92. The van der Waals surface area contributed by atoms with Crippen molar-refractivity contribution in [3.63, 3.8) is 0 Å². The van der Waals surface area contributed by atoms with Gasteiger partial charge in [-0.3, -0.25) is 4.68 Å². The minimum absolute atomic E-state index is 0.0595. The van der Waals surface area contributed by atoms with E-state index < -0.39 is 15.1 Å². The zero-order valence-corrected chi connectivity index (χ0v) is 28.9. The fraction of sp³-hybridized carbons (Fsp3) is 0.613. The summed E-state index contributed by atoms with van der Waals surface area (Å²) in [6, 6.07) is 0.519. The van der Waals surface area contributed by atoms with E-state index in [4.69, 9.17) is 16.3 Å². The van der Waals surface area contributed by atoms with Gasteiger partial charge in [0.2, 0.25) is 14.9 Å². The number of rotatable bonds is 18. The smallest absolute Gasteiger partial charge is 0.201 e. The number of allylic oxidation sites excluding steroid dienone is 3. The Morgan fingerprint density at radius 1 is 1.30 bits per heavy atom. The van der Waals surface area contributed by atoms with Crippen molar-refractivity contribution in [3.05, 3.63) is 53.2 Å². The second-order valence-electron chi connectivity index (χ2n) is 11.4. The first-order valence-corrected chi connectivity index (χ1v) is 17.0. The maximum Gasteiger partial charge on any atom is 0.201 e.